The van der Waals surface area contributed by atoms with E-state index in [0.29, 0.717) is 13.1 Å². The molecule has 0 saturated heterocycles. The molecular formula is C25H29FN4O2. The number of ether oxygens (including phenoxy) is 1. The number of fused-ring (bicyclic) bond motifs is 1. The minimum atomic E-state index is -0.281. The van der Waals surface area contributed by atoms with Gasteiger partial charge in [-0.25, -0.2) is 14.2 Å². The monoisotopic (exact) mass is 436 g/mol. The second kappa shape index (κ2) is 9.85. The molecule has 0 aliphatic carbocycles. The number of hydrogen-bond acceptors (Lipinski definition) is 3. The molecule has 2 aromatic carbocycles. The summed E-state index contributed by atoms with van der Waals surface area (Å²) >= 11 is 0. The van der Waals surface area contributed by atoms with Gasteiger partial charge in [0.05, 0.1) is 12.4 Å². The van der Waals surface area contributed by atoms with Crippen LogP contribution in [-0.4, -0.2) is 32.6 Å². The number of aryl methyl sites for hydroxylation is 1. The van der Waals surface area contributed by atoms with Crippen LogP contribution >= 0.6 is 0 Å². The van der Waals surface area contributed by atoms with Crippen LogP contribution in [0.15, 0.2) is 61.1 Å². The first-order valence-electron chi connectivity index (χ1n) is 11.0. The summed E-state index contributed by atoms with van der Waals surface area (Å²) in [6.45, 7) is 5.64. The first-order valence-corrected chi connectivity index (χ1v) is 11.0. The number of carbonyl (C=O) groups excluding carboxylic acids is 1. The lowest BCUT2D eigenvalue weighted by Gasteiger charge is -2.35. The highest BCUT2D eigenvalue weighted by atomic mass is 19.1. The van der Waals surface area contributed by atoms with Crippen molar-refractivity contribution in [3.63, 3.8) is 0 Å². The number of amides is 2. The lowest BCUT2D eigenvalue weighted by Crippen LogP contribution is -2.48. The molecule has 1 atom stereocenters. The van der Waals surface area contributed by atoms with Crippen molar-refractivity contribution in [3.8, 4) is 5.75 Å². The number of nitrogens with zero attached hydrogens (tertiary/aromatic N) is 3. The van der Waals surface area contributed by atoms with E-state index in [1.54, 1.807) is 12.1 Å². The van der Waals surface area contributed by atoms with Crippen LogP contribution in [0, 0.1) is 5.82 Å². The molecule has 2 heterocycles. The lowest BCUT2D eigenvalue weighted by atomic mass is 10.0. The number of halogens is 1. The van der Waals surface area contributed by atoms with Gasteiger partial charge < -0.3 is 19.5 Å². The largest absolute Gasteiger partial charge is 0.491 e. The van der Waals surface area contributed by atoms with Crippen molar-refractivity contribution in [2.75, 3.05) is 0 Å². The van der Waals surface area contributed by atoms with E-state index in [1.165, 1.54) is 12.1 Å². The second-order valence-corrected chi connectivity index (χ2v) is 8.45. The van der Waals surface area contributed by atoms with Gasteiger partial charge in [0.2, 0.25) is 0 Å². The third-order valence-corrected chi connectivity index (χ3v) is 5.65. The SMILES string of the molecule is CC(C)Oc1ccc(CNC(=O)N(Cc2ccc(F)cc2)[C@H]2CCn3cncc3C2)cc1. The summed E-state index contributed by atoms with van der Waals surface area (Å²) in [7, 11) is 0. The Kier molecular flexibility index (Phi) is 6.73. The van der Waals surface area contributed by atoms with Crippen molar-refractivity contribution in [3.05, 3.63) is 83.7 Å². The zero-order valence-electron chi connectivity index (χ0n) is 18.5. The van der Waals surface area contributed by atoms with Crippen molar-refractivity contribution >= 4 is 6.03 Å². The molecular weight excluding hydrogens is 407 g/mol. The van der Waals surface area contributed by atoms with Crippen LogP contribution < -0.4 is 10.1 Å². The zero-order valence-corrected chi connectivity index (χ0v) is 18.5. The molecule has 1 aromatic heterocycles. The average molecular weight is 437 g/mol. The molecule has 0 fully saturated rings. The number of urea groups is 1. The number of aromatic nitrogens is 2. The number of hydrogen-bond donors (Lipinski definition) is 1. The maximum absolute atomic E-state index is 13.4. The summed E-state index contributed by atoms with van der Waals surface area (Å²) in [5, 5.41) is 3.06. The maximum Gasteiger partial charge on any atom is 0.318 e. The highest BCUT2D eigenvalue weighted by Gasteiger charge is 2.28. The quantitative estimate of drug-likeness (QED) is 0.592. The van der Waals surface area contributed by atoms with Gasteiger partial charge in [0.15, 0.2) is 0 Å². The van der Waals surface area contributed by atoms with Crippen molar-refractivity contribution in [2.45, 2.75) is 58.5 Å². The molecule has 3 aromatic rings. The van der Waals surface area contributed by atoms with E-state index in [-0.39, 0.29) is 24.0 Å². The Morgan fingerprint density at radius 3 is 2.62 bits per heavy atom. The molecule has 0 saturated carbocycles. The fourth-order valence-electron chi connectivity index (χ4n) is 4.01. The summed E-state index contributed by atoms with van der Waals surface area (Å²) in [6, 6.07) is 14.0. The van der Waals surface area contributed by atoms with Crippen LogP contribution in [0.25, 0.3) is 0 Å². The van der Waals surface area contributed by atoms with Crippen LogP contribution in [0.4, 0.5) is 9.18 Å². The van der Waals surface area contributed by atoms with E-state index in [4.69, 9.17) is 4.74 Å². The van der Waals surface area contributed by atoms with Crippen LogP contribution in [0.3, 0.4) is 0 Å². The zero-order chi connectivity index (χ0) is 22.5. The molecule has 7 heteroatoms. The fourth-order valence-corrected chi connectivity index (χ4v) is 4.01. The molecule has 6 nitrogen and oxygen atoms in total. The van der Waals surface area contributed by atoms with E-state index >= 15 is 0 Å². The van der Waals surface area contributed by atoms with Crippen LogP contribution in [0.1, 0.15) is 37.1 Å². The van der Waals surface area contributed by atoms with E-state index < -0.39 is 0 Å². The Hall–Kier alpha value is -3.35. The molecule has 1 N–H and O–H groups in total. The Bertz CT molecular complexity index is 1030. The molecule has 0 unspecified atom stereocenters. The number of imidazole rings is 1. The predicted octanol–water partition coefficient (Wildman–Crippen LogP) is 4.54. The molecule has 32 heavy (non-hydrogen) atoms. The molecule has 1 aliphatic rings. The van der Waals surface area contributed by atoms with Crippen molar-refractivity contribution < 1.29 is 13.9 Å². The molecule has 0 spiro atoms. The van der Waals surface area contributed by atoms with E-state index in [1.807, 2.05) is 55.5 Å². The first kappa shape index (κ1) is 21.9. The summed E-state index contributed by atoms with van der Waals surface area (Å²) in [6.07, 6.45) is 5.41. The maximum atomic E-state index is 13.4. The molecule has 2 amide bonds. The van der Waals surface area contributed by atoms with E-state index in [2.05, 4.69) is 14.9 Å². The van der Waals surface area contributed by atoms with Gasteiger partial charge >= 0.3 is 6.03 Å². The Morgan fingerprint density at radius 1 is 1.19 bits per heavy atom. The van der Waals surface area contributed by atoms with Crippen molar-refractivity contribution in [1.29, 1.82) is 0 Å². The second-order valence-electron chi connectivity index (χ2n) is 8.45. The van der Waals surface area contributed by atoms with Crippen molar-refractivity contribution in [2.24, 2.45) is 0 Å². The van der Waals surface area contributed by atoms with Crippen LogP contribution in [-0.2, 0) is 26.1 Å². The standard InChI is InChI=1S/C25H29FN4O2/c1-18(2)32-24-9-5-19(6-10-24)14-28-25(31)30(16-20-3-7-21(26)8-4-20)22-11-12-29-17-27-15-23(29)13-22/h3-10,15,17-18,22H,11-14,16H2,1-2H3,(H,28,31)/t22-/m0/s1. The van der Waals surface area contributed by atoms with E-state index in [9.17, 15) is 9.18 Å². The number of nitrogens with one attached hydrogen (secondary N) is 1. The Balaban J connectivity index is 1.45. The van der Waals surface area contributed by atoms with Gasteiger partial charge in [-0.1, -0.05) is 24.3 Å². The summed E-state index contributed by atoms with van der Waals surface area (Å²) in [5.74, 6) is 0.531. The highest BCUT2D eigenvalue weighted by molar-refractivity contribution is 5.74. The van der Waals surface area contributed by atoms with Gasteiger partial charge in [0.1, 0.15) is 11.6 Å². The number of rotatable bonds is 7. The van der Waals surface area contributed by atoms with Gasteiger partial charge in [-0.15, -0.1) is 0 Å². The minimum Gasteiger partial charge on any atom is -0.491 e. The van der Waals surface area contributed by atoms with E-state index in [0.717, 1.165) is 42.0 Å². The first-order chi connectivity index (χ1) is 15.5. The predicted molar refractivity (Wildman–Crippen MR) is 121 cm³/mol. The molecule has 1 aliphatic heterocycles. The molecule has 0 radical (unpaired) electrons. The summed E-state index contributed by atoms with van der Waals surface area (Å²) < 4.78 is 21.2. The van der Waals surface area contributed by atoms with Gasteiger partial charge in [-0.05, 0) is 55.7 Å². The third-order valence-electron chi connectivity index (χ3n) is 5.65. The van der Waals surface area contributed by atoms with Gasteiger partial charge in [0, 0.05) is 44.0 Å². The fraction of sp³-hybridized carbons (Fsp3) is 0.360. The number of benzene rings is 2. The van der Waals surface area contributed by atoms with Crippen LogP contribution in [0.2, 0.25) is 0 Å². The average Bonchev–Trinajstić information content (AvgIpc) is 3.25. The lowest BCUT2D eigenvalue weighted by molar-refractivity contribution is 0.156. The van der Waals surface area contributed by atoms with Gasteiger partial charge in [0.25, 0.3) is 0 Å². The van der Waals surface area contributed by atoms with Gasteiger partial charge in [-0.2, -0.15) is 0 Å². The third kappa shape index (κ3) is 5.46. The van der Waals surface area contributed by atoms with Crippen molar-refractivity contribution in [1.82, 2.24) is 19.8 Å². The number of carbonyl (C=O) groups is 1. The molecule has 4 rings (SSSR count). The summed E-state index contributed by atoms with van der Waals surface area (Å²) in [5.41, 5.74) is 3.02. The highest BCUT2D eigenvalue weighted by Crippen LogP contribution is 2.22. The Labute approximate surface area is 188 Å². The molecule has 168 valence electrons. The smallest absolute Gasteiger partial charge is 0.318 e. The molecule has 0 bridgehead atoms. The Morgan fingerprint density at radius 2 is 1.91 bits per heavy atom. The van der Waals surface area contributed by atoms with Gasteiger partial charge in [-0.3, -0.25) is 0 Å². The topological polar surface area (TPSA) is 59.4 Å². The summed E-state index contributed by atoms with van der Waals surface area (Å²) in [4.78, 5) is 19.3. The van der Waals surface area contributed by atoms with Crippen LogP contribution in [0.5, 0.6) is 5.75 Å². The minimum absolute atomic E-state index is 0.0473. The normalized spacial score (nSPS) is 15.3.